The number of carbonyl (C=O) groups is 2. The predicted molar refractivity (Wildman–Crippen MR) is 120 cm³/mol. The van der Waals surface area contributed by atoms with Crippen molar-refractivity contribution in [1.29, 1.82) is 0 Å². The van der Waals surface area contributed by atoms with Crippen molar-refractivity contribution in [3.8, 4) is 0 Å². The molecule has 0 bridgehead atoms. The zero-order valence-electron chi connectivity index (χ0n) is 18.1. The van der Waals surface area contributed by atoms with Crippen molar-refractivity contribution < 1.29 is 18.7 Å². The van der Waals surface area contributed by atoms with Crippen LogP contribution in [0, 0.1) is 5.92 Å². The van der Waals surface area contributed by atoms with Crippen LogP contribution in [-0.2, 0) is 15.3 Å². The highest BCUT2D eigenvalue weighted by Crippen LogP contribution is 2.29. The van der Waals surface area contributed by atoms with Crippen LogP contribution in [0.4, 0.5) is 0 Å². The van der Waals surface area contributed by atoms with E-state index < -0.39 is 0 Å². The van der Waals surface area contributed by atoms with Gasteiger partial charge in [0.1, 0.15) is 6.10 Å². The van der Waals surface area contributed by atoms with Crippen LogP contribution < -0.4 is 5.32 Å². The van der Waals surface area contributed by atoms with Gasteiger partial charge in [-0.15, -0.1) is 11.8 Å². The van der Waals surface area contributed by atoms with E-state index in [1.165, 1.54) is 0 Å². The van der Waals surface area contributed by atoms with Gasteiger partial charge in [0.2, 0.25) is 0 Å². The lowest BCUT2D eigenvalue weighted by Gasteiger charge is -2.26. The van der Waals surface area contributed by atoms with Gasteiger partial charge < -0.3 is 19.4 Å². The van der Waals surface area contributed by atoms with Crippen LogP contribution in [0.15, 0.2) is 52.0 Å². The summed E-state index contributed by atoms with van der Waals surface area (Å²) in [6, 6.07) is 11.9. The van der Waals surface area contributed by atoms with Crippen LogP contribution in [0.25, 0.3) is 0 Å². The van der Waals surface area contributed by atoms with Gasteiger partial charge in [0.05, 0.1) is 6.26 Å². The molecule has 3 heterocycles. The third kappa shape index (κ3) is 4.99. The lowest BCUT2D eigenvalue weighted by molar-refractivity contribution is -0.143. The lowest BCUT2D eigenvalue weighted by atomic mass is 9.97. The summed E-state index contributed by atoms with van der Waals surface area (Å²) in [6.07, 6.45) is 3.84. The zero-order chi connectivity index (χ0) is 21.8. The lowest BCUT2D eigenvalue weighted by Crippen LogP contribution is -2.45. The van der Waals surface area contributed by atoms with E-state index in [0.717, 1.165) is 29.7 Å². The number of hydrogen-bond donors (Lipinski definition) is 1. The van der Waals surface area contributed by atoms with Crippen molar-refractivity contribution in [2.45, 2.75) is 61.9 Å². The van der Waals surface area contributed by atoms with Gasteiger partial charge in [-0.25, -0.2) is 0 Å². The first-order chi connectivity index (χ1) is 15.1. The number of hydrogen-bond acceptors (Lipinski definition) is 5. The number of carbonyl (C=O) groups excluding carboxylic acids is 2. The molecule has 2 unspecified atom stereocenters. The highest BCUT2D eigenvalue weighted by Gasteiger charge is 2.41. The van der Waals surface area contributed by atoms with E-state index in [1.54, 1.807) is 18.0 Å². The minimum Gasteiger partial charge on any atom is -0.459 e. The molecule has 2 amide bonds. The molecular formula is C24H30N2O4S. The Labute approximate surface area is 187 Å². The maximum atomic E-state index is 13.0. The zero-order valence-corrected chi connectivity index (χ0v) is 18.9. The van der Waals surface area contributed by atoms with E-state index in [-0.39, 0.29) is 30.0 Å². The molecule has 2 fully saturated rings. The fraction of sp³-hybridized carbons (Fsp3) is 0.500. The summed E-state index contributed by atoms with van der Waals surface area (Å²) >= 11 is 1.67. The Bertz CT molecular complexity index is 900. The molecule has 4 rings (SSSR count). The second-order valence-corrected chi connectivity index (χ2v) is 9.42. The van der Waals surface area contributed by atoms with E-state index in [2.05, 4.69) is 12.2 Å². The number of ether oxygens (including phenoxy) is 1. The molecule has 7 heteroatoms. The molecule has 2 aliphatic rings. The molecule has 6 nitrogen and oxygen atoms in total. The van der Waals surface area contributed by atoms with Crippen molar-refractivity contribution in [2.24, 2.45) is 5.92 Å². The Kier molecular flexibility index (Phi) is 7.02. The van der Waals surface area contributed by atoms with Gasteiger partial charge in [0, 0.05) is 41.4 Å². The molecule has 0 radical (unpaired) electrons. The first-order valence-corrected chi connectivity index (χ1v) is 12.0. The Morgan fingerprint density at radius 2 is 2.03 bits per heavy atom. The van der Waals surface area contributed by atoms with Gasteiger partial charge >= 0.3 is 0 Å². The summed E-state index contributed by atoms with van der Waals surface area (Å²) in [5.41, 5.74) is 0.871. The number of nitrogens with one attached hydrogen (secondary N) is 1. The molecule has 1 N–H and O–H groups in total. The number of rotatable bonds is 7. The van der Waals surface area contributed by atoms with E-state index >= 15 is 0 Å². The second-order valence-electron chi connectivity index (χ2n) is 8.37. The Balaban J connectivity index is 1.34. The normalized spacial score (nSPS) is 25.7. The molecule has 31 heavy (non-hydrogen) atoms. The standard InChI is InChI=1S/C24H30N2O4S/c1-3-17-9-11-30-22(17)24(28)26-14-19(13-16(26)2)25-23(27)21-18(10-12-29-21)15-31-20-7-5-4-6-8-20/h4-8,10,12,16-17,19,22H,3,9,11,13-15H2,1-2H3,(H,25,27)/t16?,17-,19?,22+/m1/s1. The average molecular weight is 443 g/mol. The molecule has 0 saturated carbocycles. The molecule has 1 aromatic carbocycles. The molecule has 2 saturated heterocycles. The van der Waals surface area contributed by atoms with E-state index in [9.17, 15) is 9.59 Å². The third-order valence-corrected chi connectivity index (χ3v) is 7.33. The molecular weight excluding hydrogens is 412 g/mol. The Morgan fingerprint density at radius 1 is 1.23 bits per heavy atom. The van der Waals surface area contributed by atoms with Gasteiger partial charge in [-0.3, -0.25) is 9.59 Å². The van der Waals surface area contributed by atoms with Gasteiger partial charge in [-0.1, -0.05) is 31.5 Å². The minimum atomic E-state index is -0.339. The fourth-order valence-corrected chi connectivity index (χ4v) is 5.41. The van der Waals surface area contributed by atoms with Gasteiger partial charge in [0.15, 0.2) is 5.76 Å². The molecule has 4 atom stereocenters. The molecule has 166 valence electrons. The summed E-state index contributed by atoms with van der Waals surface area (Å²) in [5, 5.41) is 3.07. The van der Waals surface area contributed by atoms with Crippen LogP contribution in [-0.4, -0.2) is 48.1 Å². The van der Waals surface area contributed by atoms with Crippen molar-refractivity contribution in [3.63, 3.8) is 0 Å². The number of amides is 2. The number of likely N-dealkylation sites (tertiary alicyclic amines) is 1. The van der Waals surface area contributed by atoms with E-state index in [0.29, 0.717) is 30.6 Å². The van der Waals surface area contributed by atoms with Crippen LogP contribution in [0.1, 0.15) is 49.2 Å². The van der Waals surface area contributed by atoms with Crippen LogP contribution in [0.5, 0.6) is 0 Å². The summed E-state index contributed by atoms with van der Waals surface area (Å²) in [7, 11) is 0. The number of furan rings is 1. The maximum absolute atomic E-state index is 13.0. The van der Waals surface area contributed by atoms with Crippen molar-refractivity contribution in [1.82, 2.24) is 10.2 Å². The first-order valence-electron chi connectivity index (χ1n) is 11.0. The van der Waals surface area contributed by atoms with Gasteiger partial charge in [0.25, 0.3) is 11.8 Å². The number of benzene rings is 1. The van der Waals surface area contributed by atoms with E-state index in [4.69, 9.17) is 9.15 Å². The molecule has 0 aliphatic carbocycles. The maximum Gasteiger partial charge on any atom is 0.287 e. The minimum absolute atomic E-state index is 0.0616. The largest absolute Gasteiger partial charge is 0.459 e. The fourth-order valence-electron chi connectivity index (χ4n) is 4.51. The summed E-state index contributed by atoms with van der Waals surface area (Å²) in [5.74, 6) is 1.15. The average Bonchev–Trinajstić information content (AvgIpc) is 3.52. The summed E-state index contributed by atoms with van der Waals surface area (Å²) < 4.78 is 11.2. The SMILES string of the molecule is CC[C@@H]1CCO[C@@H]1C(=O)N1CC(NC(=O)c2occc2CSc2ccccc2)CC1C. The quantitative estimate of drug-likeness (QED) is 0.654. The number of nitrogens with zero attached hydrogens (tertiary/aromatic N) is 1. The monoisotopic (exact) mass is 442 g/mol. The highest BCUT2D eigenvalue weighted by atomic mass is 32.2. The van der Waals surface area contributed by atoms with Crippen molar-refractivity contribution in [2.75, 3.05) is 13.2 Å². The molecule has 2 aromatic rings. The molecule has 2 aliphatic heterocycles. The first kappa shape index (κ1) is 22.0. The third-order valence-electron chi connectivity index (χ3n) is 6.27. The summed E-state index contributed by atoms with van der Waals surface area (Å²) in [6.45, 7) is 5.30. The predicted octanol–water partition coefficient (Wildman–Crippen LogP) is 4.11. The van der Waals surface area contributed by atoms with Gasteiger partial charge in [-0.2, -0.15) is 0 Å². The van der Waals surface area contributed by atoms with Gasteiger partial charge in [-0.05, 0) is 43.9 Å². The van der Waals surface area contributed by atoms with Crippen LogP contribution >= 0.6 is 11.8 Å². The van der Waals surface area contributed by atoms with E-state index in [1.807, 2.05) is 48.2 Å². The Hall–Kier alpha value is -2.25. The van der Waals surface area contributed by atoms with Crippen molar-refractivity contribution >= 4 is 23.6 Å². The molecule has 1 aromatic heterocycles. The smallest absolute Gasteiger partial charge is 0.287 e. The second kappa shape index (κ2) is 9.92. The van der Waals surface area contributed by atoms with Crippen LogP contribution in [0.2, 0.25) is 0 Å². The molecule has 0 spiro atoms. The van der Waals surface area contributed by atoms with Crippen molar-refractivity contribution in [3.05, 3.63) is 54.0 Å². The number of thioether (sulfide) groups is 1. The topological polar surface area (TPSA) is 71.8 Å². The Morgan fingerprint density at radius 3 is 2.81 bits per heavy atom. The summed E-state index contributed by atoms with van der Waals surface area (Å²) in [4.78, 5) is 28.9. The highest BCUT2D eigenvalue weighted by molar-refractivity contribution is 7.98. The van der Waals surface area contributed by atoms with Crippen LogP contribution in [0.3, 0.4) is 0 Å².